The fourth-order valence-electron chi connectivity index (χ4n) is 1.72. The lowest BCUT2D eigenvalue weighted by molar-refractivity contribution is -0.119. The number of aromatic nitrogens is 4. The Morgan fingerprint density at radius 1 is 1.48 bits per heavy atom. The SMILES string of the molecule is COc1cccc(CNc2nnnn2C)c1OCC(N)=O. The molecule has 0 fully saturated rings. The average molecular weight is 292 g/mol. The van der Waals surface area contributed by atoms with Gasteiger partial charge in [-0.3, -0.25) is 4.79 Å². The van der Waals surface area contributed by atoms with Crippen molar-refractivity contribution in [1.82, 2.24) is 20.2 Å². The molecule has 1 heterocycles. The Hall–Kier alpha value is -2.84. The number of anilines is 1. The summed E-state index contributed by atoms with van der Waals surface area (Å²) in [5.74, 6) is 0.934. The number of carbonyl (C=O) groups excluding carboxylic acids is 1. The van der Waals surface area contributed by atoms with Crippen molar-refractivity contribution in [2.45, 2.75) is 6.54 Å². The third-order valence-corrected chi connectivity index (χ3v) is 2.70. The molecule has 21 heavy (non-hydrogen) atoms. The number of carbonyl (C=O) groups is 1. The predicted molar refractivity (Wildman–Crippen MR) is 73.8 cm³/mol. The van der Waals surface area contributed by atoms with E-state index in [9.17, 15) is 4.79 Å². The molecule has 0 saturated heterocycles. The quantitative estimate of drug-likeness (QED) is 0.719. The highest BCUT2D eigenvalue weighted by molar-refractivity contribution is 5.75. The second-order valence-corrected chi connectivity index (χ2v) is 4.18. The van der Waals surface area contributed by atoms with Gasteiger partial charge in [0.2, 0.25) is 5.95 Å². The second-order valence-electron chi connectivity index (χ2n) is 4.18. The number of ether oxygens (including phenoxy) is 2. The van der Waals surface area contributed by atoms with Crippen molar-refractivity contribution in [3.8, 4) is 11.5 Å². The molecule has 9 heteroatoms. The number of methoxy groups -OCH3 is 1. The summed E-state index contributed by atoms with van der Waals surface area (Å²) in [6, 6.07) is 5.40. The van der Waals surface area contributed by atoms with Crippen molar-refractivity contribution in [3.63, 3.8) is 0 Å². The van der Waals surface area contributed by atoms with Gasteiger partial charge in [-0.05, 0) is 16.5 Å². The molecule has 112 valence electrons. The van der Waals surface area contributed by atoms with Gasteiger partial charge < -0.3 is 20.5 Å². The number of rotatable bonds is 7. The summed E-state index contributed by atoms with van der Waals surface area (Å²) in [5.41, 5.74) is 5.89. The summed E-state index contributed by atoms with van der Waals surface area (Å²) in [6.07, 6.45) is 0. The summed E-state index contributed by atoms with van der Waals surface area (Å²) in [5, 5.41) is 14.1. The summed E-state index contributed by atoms with van der Waals surface area (Å²) in [6.45, 7) is 0.179. The fraction of sp³-hybridized carbons (Fsp3) is 0.333. The van der Waals surface area contributed by atoms with Crippen molar-refractivity contribution in [3.05, 3.63) is 23.8 Å². The number of para-hydroxylation sites is 1. The monoisotopic (exact) mass is 292 g/mol. The first-order valence-corrected chi connectivity index (χ1v) is 6.15. The number of amides is 1. The summed E-state index contributed by atoms with van der Waals surface area (Å²) in [4.78, 5) is 10.9. The molecular formula is C12H16N6O3. The summed E-state index contributed by atoms with van der Waals surface area (Å²) < 4.78 is 12.2. The Labute approximate surface area is 121 Å². The molecule has 0 aliphatic rings. The van der Waals surface area contributed by atoms with Crippen LogP contribution >= 0.6 is 0 Å². The van der Waals surface area contributed by atoms with E-state index < -0.39 is 5.91 Å². The highest BCUT2D eigenvalue weighted by Crippen LogP contribution is 2.31. The van der Waals surface area contributed by atoms with Crippen molar-refractivity contribution in [1.29, 1.82) is 0 Å². The summed E-state index contributed by atoms with van der Waals surface area (Å²) >= 11 is 0. The Morgan fingerprint density at radius 2 is 2.29 bits per heavy atom. The maximum Gasteiger partial charge on any atom is 0.255 e. The Morgan fingerprint density at radius 3 is 2.90 bits per heavy atom. The van der Waals surface area contributed by atoms with E-state index in [1.54, 1.807) is 13.1 Å². The van der Waals surface area contributed by atoms with Crippen LogP contribution < -0.4 is 20.5 Å². The predicted octanol–water partition coefficient (Wildman–Crippen LogP) is -0.305. The minimum Gasteiger partial charge on any atom is -0.493 e. The number of nitrogens with zero attached hydrogens (tertiary/aromatic N) is 4. The number of nitrogens with two attached hydrogens (primary N) is 1. The zero-order valence-corrected chi connectivity index (χ0v) is 11.7. The molecule has 0 bridgehead atoms. The lowest BCUT2D eigenvalue weighted by atomic mass is 10.2. The van der Waals surface area contributed by atoms with Crippen LogP contribution in [-0.4, -0.2) is 39.8 Å². The first-order valence-electron chi connectivity index (χ1n) is 6.15. The molecule has 9 nitrogen and oxygen atoms in total. The molecule has 0 radical (unpaired) electrons. The molecule has 0 aliphatic carbocycles. The highest BCUT2D eigenvalue weighted by atomic mass is 16.5. The van der Waals surface area contributed by atoms with E-state index >= 15 is 0 Å². The zero-order chi connectivity index (χ0) is 15.2. The zero-order valence-electron chi connectivity index (χ0n) is 11.7. The van der Waals surface area contributed by atoms with E-state index in [0.717, 1.165) is 5.56 Å². The van der Waals surface area contributed by atoms with Gasteiger partial charge in [0.1, 0.15) is 0 Å². The van der Waals surface area contributed by atoms with Gasteiger partial charge in [-0.1, -0.05) is 17.2 Å². The molecule has 0 spiro atoms. The van der Waals surface area contributed by atoms with Crippen LogP contribution in [0.25, 0.3) is 0 Å². The van der Waals surface area contributed by atoms with Gasteiger partial charge in [-0.15, -0.1) is 0 Å². The van der Waals surface area contributed by atoms with Gasteiger partial charge in [0, 0.05) is 19.2 Å². The van der Waals surface area contributed by atoms with Gasteiger partial charge in [0.05, 0.1) is 7.11 Å². The lowest BCUT2D eigenvalue weighted by Gasteiger charge is -2.14. The molecule has 2 rings (SSSR count). The minimum atomic E-state index is -0.558. The normalized spacial score (nSPS) is 10.2. The van der Waals surface area contributed by atoms with E-state index in [1.165, 1.54) is 11.8 Å². The Balaban J connectivity index is 2.17. The molecule has 3 N–H and O–H groups in total. The Bertz CT molecular complexity index is 627. The molecule has 0 aliphatic heterocycles. The Kier molecular flexibility index (Phi) is 4.54. The van der Waals surface area contributed by atoms with Gasteiger partial charge >= 0.3 is 0 Å². The first-order chi connectivity index (χ1) is 10.1. The van der Waals surface area contributed by atoms with Crippen molar-refractivity contribution in [2.75, 3.05) is 19.0 Å². The van der Waals surface area contributed by atoms with E-state index in [4.69, 9.17) is 15.2 Å². The van der Waals surface area contributed by atoms with Gasteiger partial charge in [0.15, 0.2) is 18.1 Å². The number of hydrogen-bond donors (Lipinski definition) is 2. The highest BCUT2D eigenvalue weighted by Gasteiger charge is 2.12. The number of primary amides is 1. The molecule has 1 aromatic carbocycles. The number of nitrogens with one attached hydrogen (secondary N) is 1. The van der Waals surface area contributed by atoms with Crippen LogP contribution in [0.1, 0.15) is 5.56 Å². The van der Waals surface area contributed by atoms with Crippen molar-refractivity contribution < 1.29 is 14.3 Å². The average Bonchev–Trinajstić information content (AvgIpc) is 2.88. The third kappa shape index (κ3) is 3.59. The maximum absolute atomic E-state index is 10.9. The van der Waals surface area contributed by atoms with Crippen molar-refractivity contribution >= 4 is 11.9 Å². The standard InChI is InChI=1S/C12H16N6O3/c1-18-12(15-16-17-18)14-6-8-4-3-5-9(20-2)11(8)21-7-10(13)19/h3-5H,6-7H2,1-2H3,(H2,13,19)(H,14,15,17). The van der Waals surface area contributed by atoms with E-state index in [1.807, 2.05) is 12.1 Å². The molecule has 1 amide bonds. The fourth-order valence-corrected chi connectivity index (χ4v) is 1.72. The number of aryl methyl sites for hydroxylation is 1. The molecular weight excluding hydrogens is 276 g/mol. The van der Waals surface area contributed by atoms with Crippen LogP contribution in [0.5, 0.6) is 11.5 Å². The topological polar surface area (TPSA) is 117 Å². The van der Waals surface area contributed by atoms with Crippen LogP contribution in [-0.2, 0) is 18.4 Å². The first kappa shape index (κ1) is 14.6. The van der Waals surface area contributed by atoms with Crippen molar-refractivity contribution in [2.24, 2.45) is 12.8 Å². The van der Waals surface area contributed by atoms with Crippen LogP contribution in [0.4, 0.5) is 5.95 Å². The molecule has 0 atom stereocenters. The minimum absolute atomic E-state index is 0.223. The largest absolute Gasteiger partial charge is 0.493 e. The maximum atomic E-state index is 10.9. The van der Waals surface area contributed by atoms with E-state index in [-0.39, 0.29) is 6.61 Å². The van der Waals surface area contributed by atoms with Crippen LogP contribution in [0, 0.1) is 0 Å². The van der Waals surface area contributed by atoms with Gasteiger partial charge in [0.25, 0.3) is 5.91 Å². The molecule has 1 aromatic heterocycles. The van der Waals surface area contributed by atoms with Crippen LogP contribution in [0.15, 0.2) is 18.2 Å². The number of hydrogen-bond acceptors (Lipinski definition) is 7. The van der Waals surface area contributed by atoms with E-state index in [2.05, 4.69) is 20.8 Å². The van der Waals surface area contributed by atoms with E-state index in [0.29, 0.717) is 24.0 Å². The molecule has 2 aromatic rings. The van der Waals surface area contributed by atoms with Crippen LogP contribution in [0.3, 0.4) is 0 Å². The van der Waals surface area contributed by atoms with Crippen LogP contribution in [0.2, 0.25) is 0 Å². The third-order valence-electron chi connectivity index (χ3n) is 2.70. The number of benzene rings is 1. The van der Waals surface area contributed by atoms with Gasteiger partial charge in [-0.2, -0.15) is 0 Å². The molecule has 0 unspecified atom stereocenters. The van der Waals surface area contributed by atoms with Gasteiger partial charge in [-0.25, -0.2) is 4.68 Å². The second kappa shape index (κ2) is 6.55. The lowest BCUT2D eigenvalue weighted by Crippen LogP contribution is -2.21. The summed E-state index contributed by atoms with van der Waals surface area (Å²) in [7, 11) is 3.24. The number of tetrazole rings is 1. The molecule has 0 saturated carbocycles. The smallest absolute Gasteiger partial charge is 0.255 e.